The predicted molar refractivity (Wildman–Crippen MR) is 94.7 cm³/mol. The van der Waals surface area contributed by atoms with Gasteiger partial charge in [0, 0.05) is 19.7 Å². The summed E-state index contributed by atoms with van der Waals surface area (Å²) < 4.78 is 5.56. The maximum Gasteiger partial charge on any atom is 0.188 e. The van der Waals surface area contributed by atoms with Crippen LogP contribution in [0.5, 0.6) is 0 Å². The van der Waals surface area contributed by atoms with Crippen molar-refractivity contribution in [1.82, 2.24) is 5.32 Å². The standard InChI is InChI=1S/C15H29N3O.HI/c16-15(18-12-14-9-6-10-19-14)17-11-13-7-4-2-1-3-5-8-13;/h13-14H,1-12H2,(H3,16,17,18);1H. The molecule has 0 aromatic heterocycles. The van der Waals surface area contributed by atoms with Crippen molar-refractivity contribution in [2.24, 2.45) is 16.6 Å². The van der Waals surface area contributed by atoms with Crippen LogP contribution in [0.1, 0.15) is 57.8 Å². The van der Waals surface area contributed by atoms with Crippen molar-refractivity contribution in [3.05, 3.63) is 0 Å². The summed E-state index contributed by atoms with van der Waals surface area (Å²) in [5.41, 5.74) is 5.92. The van der Waals surface area contributed by atoms with Crippen LogP contribution in [0.25, 0.3) is 0 Å². The SMILES string of the molecule is I.NC(=NCC1CCCCCCC1)NCC1CCCO1. The number of halogens is 1. The molecular weight excluding hydrogens is 365 g/mol. The molecule has 1 atom stereocenters. The van der Waals surface area contributed by atoms with Gasteiger partial charge in [0.05, 0.1) is 6.10 Å². The van der Waals surface area contributed by atoms with Crippen LogP contribution in [0.4, 0.5) is 0 Å². The van der Waals surface area contributed by atoms with E-state index in [1.165, 1.54) is 51.4 Å². The Hall–Kier alpha value is -0.0400. The molecule has 2 rings (SSSR count). The summed E-state index contributed by atoms with van der Waals surface area (Å²) in [5.74, 6) is 1.33. The van der Waals surface area contributed by atoms with Gasteiger partial charge in [-0.05, 0) is 31.6 Å². The molecule has 1 aliphatic heterocycles. The minimum atomic E-state index is 0. The van der Waals surface area contributed by atoms with Gasteiger partial charge in [0.25, 0.3) is 0 Å². The van der Waals surface area contributed by atoms with Crippen LogP contribution in [0, 0.1) is 5.92 Å². The number of ether oxygens (including phenoxy) is 1. The summed E-state index contributed by atoms with van der Waals surface area (Å²) in [6.07, 6.45) is 12.2. The lowest BCUT2D eigenvalue weighted by atomic mass is 9.91. The van der Waals surface area contributed by atoms with Crippen LogP contribution < -0.4 is 11.1 Å². The molecule has 2 fully saturated rings. The van der Waals surface area contributed by atoms with Gasteiger partial charge in [-0.2, -0.15) is 0 Å². The third kappa shape index (κ3) is 7.11. The van der Waals surface area contributed by atoms with E-state index >= 15 is 0 Å². The molecule has 1 aliphatic carbocycles. The first-order chi connectivity index (χ1) is 9.34. The smallest absolute Gasteiger partial charge is 0.188 e. The van der Waals surface area contributed by atoms with E-state index in [2.05, 4.69) is 10.3 Å². The number of aliphatic imine (C=N–C) groups is 1. The van der Waals surface area contributed by atoms with Gasteiger partial charge < -0.3 is 15.8 Å². The van der Waals surface area contributed by atoms with Gasteiger partial charge in [0.1, 0.15) is 0 Å². The summed E-state index contributed by atoms with van der Waals surface area (Å²) in [6.45, 7) is 2.59. The third-order valence-electron chi connectivity index (χ3n) is 4.28. The molecule has 20 heavy (non-hydrogen) atoms. The molecule has 3 N–H and O–H groups in total. The fraction of sp³-hybridized carbons (Fsp3) is 0.933. The average molecular weight is 395 g/mol. The van der Waals surface area contributed by atoms with Crippen LogP contribution in [0.3, 0.4) is 0 Å². The molecule has 118 valence electrons. The second-order valence-corrected chi connectivity index (χ2v) is 5.95. The molecule has 0 aromatic carbocycles. The van der Waals surface area contributed by atoms with Gasteiger partial charge in [-0.1, -0.05) is 32.1 Å². The fourth-order valence-electron chi connectivity index (χ4n) is 3.03. The van der Waals surface area contributed by atoms with E-state index in [0.717, 1.165) is 32.0 Å². The number of hydrogen-bond acceptors (Lipinski definition) is 2. The maximum absolute atomic E-state index is 5.92. The van der Waals surface area contributed by atoms with E-state index in [1.54, 1.807) is 0 Å². The van der Waals surface area contributed by atoms with Crippen molar-refractivity contribution in [3.63, 3.8) is 0 Å². The fourth-order valence-corrected chi connectivity index (χ4v) is 3.03. The quantitative estimate of drug-likeness (QED) is 0.437. The van der Waals surface area contributed by atoms with E-state index < -0.39 is 0 Å². The van der Waals surface area contributed by atoms with Crippen molar-refractivity contribution >= 4 is 29.9 Å². The number of rotatable bonds is 4. The Morgan fingerprint density at radius 3 is 2.40 bits per heavy atom. The van der Waals surface area contributed by atoms with Crippen molar-refractivity contribution in [2.75, 3.05) is 19.7 Å². The Balaban J connectivity index is 0.00000200. The first-order valence-corrected chi connectivity index (χ1v) is 8.00. The lowest BCUT2D eigenvalue weighted by molar-refractivity contribution is 0.114. The molecule has 0 spiro atoms. The van der Waals surface area contributed by atoms with Gasteiger partial charge in [0.15, 0.2) is 5.96 Å². The minimum Gasteiger partial charge on any atom is -0.376 e. The zero-order valence-corrected chi connectivity index (χ0v) is 14.8. The molecule has 0 radical (unpaired) electrons. The molecule has 4 nitrogen and oxygen atoms in total. The van der Waals surface area contributed by atoms with Crippen molar-refractivity contribution in [2.45, 2.75) is 63.9 Å². The normalized spacial score (nSPS) is 25.6. The van der Waals surface area contributed by atoms with Gasteiger partial charge in [-0.15, -0.1) is 24.0 Å². The van der Waals surface area contributed by atoms with E-state index in [-0.39, 0.29) is 24.0 Å². The summed E-state index contributed by atoms with van der Waals surface area (Å²) in [6, 6.07) is 0. The molecule has 0 aromatic rings. The Morgan fingerprint density at radius 2 is 1.75 bits per heavy atom. The summed E-state index contributed by atoms with van der Waals surface area (Å²) in [7, 11) is 0. The minimum absolute atomic E-state index is 0. The third-order valence-corrected chi connectivity index (χ3v) is 4.28. The molecule has 1 heterocycles. The largest absolute Gasteiger partial charge is 0.376 e. The second kappa shape index (κ2) is 10.7. The number of nitrogens with one attached hydrogen (secondary N) is 1. The highest BCUT2D eigenvalue weighted by Crippen LogP contribution is 2.22. The summed E-state index contributed by atoms with van der Waals surface area (Å²) >= 11 is 0. The van der Waals surface area contributed by atoms with E-state index in [0.29, 0.717) is 12.1 Å². The first kappa shape index (κ1) is 18.0. The van der Waals surface area contributed by atoms with E-state index in [4.69, 9.17) is 10.5 Å². The van der Waals surface area contributed by atoms with E-state index in [1.807, 2.05) is 0 Å². The van der Waals surface area contributed by atoms with Gasteiger partial charge in [-0.25, -0.2) is 0 Å². The highest BCUT2D eigenvalue weighted by Gasteiger charge is 2.15. The molecule has 0 amide bonds. The number of nitrogens with two attached hydrogens (primary N) is 1. The van der Waals surface area contributed by atoms with Crippen LogP contribution in [0.2, 0.25) is 0 Å². The highest BCUT2D eigenvalue weighted by atomic mass is 127. The van der Waals surface area contributed by atoms with Crippen molar-refractivity contribution in [3.8, 4) is 0 Å². The zero-order valence-electron chi connectivity index (χ0n) is 12.5. The second-order valence-electron chi connectivity index (χ2n) is 5.95. The number of guanidine groups is 1. The van der Waals surface area contributed by atoms with Gasteiger partial charge in [0.2, 0.25) is 0 Å². The lowest BCUT2D eigenvalue weighted by Crippen LogP contribution is -2.37. The maximum atomic E-state index is 5.92. The van der Waals surface area contributed by atoms with Crippen LogP contribution in [0.15, 0.2) is 4.99 Å². The van der Waals surface area contributed by atoms with Crippen molar-refractivity contribution in [1.29, 1.82) is 0 Å². The first-order valence-electron chi connectivity index (χ1n) is 8.00. The van der Waals surface area contributed by atoms with Gasteiger partial charge in [-0.3, -0.25) is 4.99 Å². The van der Waals surface area contributed by atoms with Crippen LogP contribution in [-0.4, -0.2) is 31.8 Å². The molecule has 5 heteroatoms. The zero-order chi connectivity index (χ0) is 13.3. The molecular formula is C15H30IN3O. The molecule has 2 aliphatic rings. The monoisotopic (exact) mass is 395 g/mol. The lowest BCUT2D eigenvalue weighted by Gasteiger charge is -2.18. The van der Waals surface area contributed by atoms with Gasteiger partial charge >= 0.3 is 0 Å². The Morgan fingerprint density at radius 1 is 1.05 bits per heavy atom. The Kier molecular flexibility index (Phi) is 9.59. The molecule has 1 unspecified atom stereocenters. The Labute approximate surface area is 140 Å². The number of nitrogens with zero attached hydrogens (tertiary/aromatic N) is 1. The summed E-state index contributed by atoms with van der Waals surface area (Å²) in [4.78, 5) is 4.51. The van der Waals surface area contributed by atoms with Crippen LogP contribution in [-0.2, 0) is 4.74 Å². The summed E-state index contributed by atoms with van der Waals surface area (Å²) in [5, 5.41) is 3.19. The molecule has 0 bridgehead atoms. The number of hydrogen-bond donors (Lipinski definition) is 2. The average Bonchev–Trinajstić information content (AvgIpc) is 2.88. The molecule has 1 saturated heterocycles. The van der Waals surface area contributed by atoms with E-state index in [9.17, 15) is 0 Å². The molecule has 1 saturated carbocycles. The highest BCUT2D eigenvalue weighted by molar-refractivity contribution is 14.0. The Bertz CT molecular complexity index is 272. The topological polar surface area (TPSA) is 59.6 Å². The van der Waals surface area contributed by atoms with Crippen LogP contribution >= 0.6 is 24.0 Å². The predicted octanol–water partition coefficient (Wildman–Crippen LogP) is 3.05. The van der Waals surface area contributed by atoms with Crippen molar-refractivity contribution < 1.29 is 4.74 Å².